The molecule has 2 N–H and O–H groups in total. The lowest BCUT2D eigenvalue weighted by molar-refractivity contribution is -0.141. The van der Waals surface area contributed by atoms with Gasteiger partial charge in [0.2, 0.25) is 5.91 Å². The molecule has 0 aromatic heterocycles. The van der Waals surface area contributed by atoms with Crippen LogP contribution in [0.1, 0.15) is 30.4 Å². The van der Waals surface area contributed by atoms with Gasteiger partial charge in [-0.25, -0.2) is 0 Å². The first-order valence-corrected chi connectivity index (χ1v) is 8.10. The van der Waals surface area contributed by atoms with E-state index in [1.165, 1.54) is 12.8 Å². The van der Waals surface area contributed by atoms with Crippen molar-refractivity contribution < 1.29 is 14.7 Å². The number of benzene rings is 1. The molecule has 2 saturated carbocycles. The van der Waals surface area contributed by atoms with Crippen molar-refractivity contribution in [3.05, 3.63) is 35.4 Å². The summed E-state index contributed by atoms with van der Waals surface area (Å²) in [5, 5.41) is 12.2. The molecule has 2 aliphatic carbocycles. The molecule has 2 aliphatic rings. The third-order valence-corrected chi connectivity index (χ3v) is 4.84. The zero-order valence-electron chi connectivity index (χ0n) is 12.9. The van der Waals surface area contributed by atoms with Crippen molar-refractivity contribution in [3.8, 4) is 0 Å². The zero-order valence-corrected chi connectivity index (χ0v) is 12.9. The highest BCUT2D eigenvalue weighted by molar-refractivity contribution is 5.82. The summed E-state index contributed by atoms with van der Waals surface area (Å²) in [6.45, 7) is 2.21. The predicted molar refractivity (Wildman–Crippen MR) is 83.3 cm³/mol. The number of amides is 1. The second kappa shape index (κ2) is 6.11. The molecule has 0 bridgehead atoms. The summed E-state index contributed by atoms with van der Waals surface area (Å²) in [6.07, 6.45) is 3.97. The number of carboxylic acids is 1. The van der Waals surface area contributed by atoms with E-state index in [1.54, 1.807) is 0 Å². The summed E-state index contributed by atoms with van der Waals surface area (Å²) < 4.78 is 0. The van der Waals surface area contributed by atoms with Crippen molar-refractivity contribution in [3.63, 3.8) is 0 Å². The third-order valence-electron chi connectivity index (χ3n) is 4.84. The Kier molecular flexibility index (Phi) is 4.19. The fourth-order valence-corrected chi connectivity index (χ4v) is 3.29. The number of carbonyl (C=O) groups excluding carboxylic acids is 1. The first kappa shape index (κ1) is 15.1. The minimum Gasteiger partial charge on any atom is -0.481 e. The summed E-state index contributed by atoms with van der Waals surface area (Å²) in [5.74, 6) is 0.104. The molecular formula is C18H23NO3. The fourth-order valence-electron chi connectivity index (χ4n) is 3.29. The molecule has 118 valence electrons. The Hall–Kier alpha value is -1.84. The van der Waals surface area contributed by atoms with Crippen LogP contribution in [0.2, 0.25) is 0 Å². The predicted octanol–water partition coefficient (Wildman–Crippen LogP) is 2.40. The number of carboxylic acid groups (broad SMARTS) is 1. The molecule has 0 aliphatic heterocycles. The summed E-state index contributed by atoms with van der Waals surface area (Å²) in [5.41, 5.74) is 2.12. The molecule has 1 aromatic rings. The Labute approximate surface area is 130 Å². The fraction of sp³-hybridized carbons (Fsp3) is 0.556. The van der Waals surface area contributed by atoms with Gasteiger partial charge in [-0.3, -0.25) is 9.59 Å². The van der Waals surface area contributed by atoms with E-state index in [0.29, 0.717) is 12.3 Å². The van der Waals surface area contributed by atoms with Gasteiger partial charge in [0.1, 0.15) is 0 Å². The number of aliphatic carboxylic acids is 1. The molecule has 3 rings (SSSR count). The molecular weight excluding hydrogens is 278 g/mol. The topological polar surface area (TPSA) is 66.4 Å². The van der Waals surface area contributed by atoms with E-state index in [1.807, 2.05) is 31.2 Å². The van der Waals surface area contributed by atoms with Crippen LogP contribution in [0.25, 0.3) is 0 Å². The smallest absolute Gasteiger partial charge is 0.308 e. The molecule has 1 aromatic carbocycles. The van der Waals surface area contributed by atoms with Gasteiger partial charge in [0, 0.05) is 12.5 Å². The van der Waals surface area contributed by atoms with Gasteiger partial charge < -0.3 is 10.4 Å². The number of rotatable bonds is 7. The maximum absolute atomic E-state index is 12.1. The molecule has 4 heteroatoms. The molecule has 0 unspecified atom stereocenters. The van der Waals surface area contributed by atoms with E-state index >= 15 is 0 Å². The minimum atomic E-state index is -0.851. The van der Waals surface area contributed by atoms with E-state index in [9.17, 15) is 14.7 Å². The molecule has 22 heavy (non-hydrogen) atoms. The molecule has 2 fully saturated rings. The van der Waals surface area contributed by atoms with Gasteiger partial charge in [-0.15, -0.1) is 0 Å². The van der Waals surface area contributed by atoms with E-state index in [4.69, 9.17) is 0 Å². The third kappa shape index (κ3) is 3.67. The highest BCUT2D eigenvalue weighted by Crippen LogP contribution is 2.54. The normalized spacial score (nSPS) is 24.6. The van der Waals surface area contributed by atoms with Crippen molar-refractivity contribution in [2.75, 3.05) is 6.54 Å². The first-order valence-electron chi connectivity index (χ1n) is 8.10. The number of hydrogen-bond acceptors (Lipinski definition) is 2. The highest BCUT2D eigenvalue weighted by Gasteiger charge is 2.51. The lowest BCUT2D eigenvalue weighted by atomic mass is 9.98. The van der Waals surface area contributed by atoms with E-state index in [0.717, 1.165) is 23.5 Å². The number of hydrogen-bond donors (Lipinski definition) is 2. The molecule has 0 heterocycles. The van der Waals surface area contributed by atoms with Crippen molar-refractivity contribution >= 4 is 11.9 Å². The van der Waals surface area contributed by atoms with Gasteiger partial charge in [0.25, 0.3) is 0 Å². The average molecular weight is 301 g/mol. The summed E-state index contributed by atoms with van der Waals surface area (Å²) in [4.78, 5) is 23.5. The van der Waals surface area contributed by atoms with Gasteiger partial charge in [-0.1, -0.05) is 29.8 Å². The summed E-state index contributed by atoms with van der Waals surface area (Å²) in [6, 6.07) is 7.87. The lowest BCUT2D eigenvalue weighted by Gasteiger charge is -2.14. The Balaban J connectivity index is 1.51. The van der Waals surface area contributed by atoms with Crippen LogP contribution >= 0.6 is 0 Å². The Morgan fingerprint density at radius 2 is 2.14 bits per heavy atom. The van der Waals surface area contributed by atoms with Crippen LogP contribution < -0.4 is 5.32 Å². The Morgan fingerprint density at radius 1 is 1.36 bits per heavy atom. The molecule has 0 saturated heterocycles. The van der Waals surface area contributed by atoms with E-state index in [-0.39, 0.29) is 18.4 Å². The van der Waals surface area contributed by atoms with Crippen LogP contribution in [-0.4, -0.2) is 23.5 Å². The van der Waals surface area contributed by atoms with Gasteiger partial charge in [-0.05, 0) is 50.0 Å². The average Bonchev–Trinajstić information content (AvgIpc) is 3.35. The van der Waals surface area contributed by atoms with Crippen molar-refractivity contribution in [2.45, 2.75) is 32.6 Å². The van der Waals surface area contributed by atoms with Crippen LogP contribution in [0, 0.1) is 30.6 Å². The minimum absolute atomic E-state index is 0.0485. The second-order valence-electron chi connectivity index (χ2n) is 6.82. The van der Waals surface area contributed by atoms with Crippen LogP contribution in [0.4, 0.5) is 0 Å². The maximum atomic E-state index is 12.1. The van der Waals surface area contributed by atoms with Gasteiger partial charge in [0.05, 0.1) is 5.92 Å². The summed E-state index contributed by atoms with van der Waals surface area (Å²) >= 11 is 0. The zero-order chi connectivity index (χ0) is 15.7. The standard InChI is InChI=1S/C18H23NO3/c1-11-3-2-4-12(7-11)8-14(18(21)22)10-19-17(20)16-9-15(16)13-5-6-13/h2-4,7,13-16H,5-6,8-10H2,1H3,(H,19,20)(H,21,22)/t14-,15-,16-/m1/s1. The molecule has 3 atom stereocenters. The largest absolute Gasteiger partial charge is 0.481 e. The molecule has 1 amide bonds. The second-order valence-corrected chi connectivity index (χ2v) is 6.82. The van der Waals surface area contributed by atoms with Crippen LogP contribution in [0.3, 0.4) is 0 Å². The van der Waals surface area contributed by atoms with Crippen molar-refractivity contribution in [1.29, 1.82) is 0 Å². The van der Waals surface area contributed by atoms with Gasteiger partial charge in [0.15, 0.2) is 0 Å². The molecule has 4 nitrogen and oxygen atoms in total. The first-order chi connectivity index (χ1) is 10.5. The lowest BCUT2D eigenvalue weighted by Crippen LogP contribution is -2.35. The number of carbonyl (C=O) groups is 2. The highest BCUT2D eigenvalue weighted by atomic mass is 16.4. The van der Waals surface area contributed by atoms with Gasteiger partial charge in [-0.2, -0.15) is 0 Å². The SMILES string of the molecule is Cc1cccc(C[C@H](CNC(=O)[C@@H]2C[C@@H]2C2CC2)C(=O)O)c1. The Bertz CT molecular complexity index is 579. The Morgan fingerprint density at radius 3 is 2.77 bits per heavy atom. The van der Waals surface area contributed by atoms with Crippen LogP contribution in [0.15, 0.2) is 24.3 Å². The number of aryl methyl sites for hydroxylation is 1. The summed E-state index contributed by atoms with van der Waals surface area (Å²) in [7, 11) is 0. The monoisotopic (exact) mass is 301 g/mol. The van der Waals surface area contributed by atoms with E-state index < -0.39 is 11.9 Å². The van der Waals surface area contributed by atoms with Crippen LogP contribution in [-0.2, 0) is 16.0 Å². The van der Waals surface area contributed by atoms with Crippen molar-refractivity contribution in [2.24, 2.45) is 23.7 Å². The maximum Gasteiger partial charge on any atom is 0.308 e. The number of nitrogens with one attached hydrogen (secondary N) is 1. The quantitative estimate of drug-likeness (QED) is 0.812. The molecule has 0 radical (unpaired) electrons. The van der Waals surface area contributed by atoms with Crippen LogP contribution in [0.5, 0.6) is 0 Å². The van der Waals surface area contributed by atoms with Gasteiger partial charge >= 0.3 is 5.97 Å². The molecule has 0 spiro atoms. The van der Waals surface area contributed by atoms with E-state index in [2.05, 4.69) is 5.32 Å². The van der Waals surface area contributed by atoms with Crippen molar-refractivity contribution in [1.82, 2.24) is 5.32 Å².